The monoisotopic (exact) mass is 519 g/mol. The molecule has 1 aromatic carbocycles. The first-order valence-corrected chi connectivity index (χ1v) is 11.7. The second kappa shape index (κ2) is 11.1. The molecule has 0 unspecified atom stereocenters. The third kappa shape index (κ3) is 7.14. The number of nitrogens with one attached hydrogen (secondary N) is 3. The molecule has 1 aliphatic carbocycles. The Morgan fingerprint density at radius 2 is 2.00 bits per heavy atom. The number of halogens is 3. The highest BCUT2D eigenvalue weighted by molar-refractivity contribution is 5.90. The van der Waals surface area contributed by atoms with E-state index < -0.39 is 18.8 Å². The van der Waals surface area contributed by atoms with Crippen molar-refractivity contribution in [2.24, 2.45) is 0 Å². The van der Waals surface area contributed by atoms with Gasteiger partial charge in [-0.15, -0.1) is 0 Å². The van der Waals surface area contributed by atoms with Gasteiger partial charge < -0.3 is 20.5 Å². The van der Waals surface area contributed by atoms with Crippen LogP contribution >= 0.6 is 0 Å². The maximum absolute atomic E-state index is 12.5. The minimum atomic E-state index is -4.52. The van der Waals surface area contributed by atoms with Crippen LogP contribution in [0.2, 0.25) is 0 Å². The largest absolute Gasteiger partial charge is 0.491 e. The number of anilines is 1. The molecular formula is C25H28F3N5O4. The summed E-state index contributed by atoms with van der Waals surface area (Å²) in [6.07, 6.45) is 0.760. The fourth-order valence-electron chi connectivity index (χ4n) is 3.68. The Balaban J connectivity index is 1.63. The van der Waals surface area contributed by atoms with Crippen LogP contribution in [-0.4, -0.2) is 52.6 Å². The molecule has 4 rings (SSSR count). The lowest BCUT2D eigenvalue weighted by Gasteiger charge is -2.15. The van der Waals surface area contributed by atoms with Crippen molar-refractivity contribution < 1.29 is 32.6 Å². The second-order valence-corrected chi connectivity index (χ2v) is 8.78. The number of benzene rings is 1. The highest BCUT2D eigenvalue weighted by Gasteiger charge is 2.27. The van der Waals surface area contributed by atoms with Crippen molar-refractivity contribution in [3.8, 4) is 17.0 Å². The number of carbonyl (C=O) groups is 1. The van der Waals surface area contributed by atoms with Crippen LogP contribution in [0.3, 0.4) is 0 Å². The molecule has 12 heteroatoms. The Labute approximate surface area is 211 Å². The molecule has 9 nitrogen and oxygen atoms in total. The van der Waals surface area contributed by atoms with Crippen molar-refractivity contribution in [1.82, 2.24) is 20.2 Å². The molecule has 2 aromatic heterocycles. The molecule has 1 fully saturated rings. The van der Waals surface area contributed by atoms with E-state index in [2.05, 4.69) is 15.8 Å². The lowest BCUT2D eigenvalue weighted by molar-refractivity contribution is -0.122. The lowest BCUT2D eigenvalue weighted by atomic mass is 10.1. The standard InChI is InChI=1S/C25H28F3N5O4/c1-15(2)37-20-10-18(9-19(12-20)31-24(35)30-14-25(26,27)28)21-13-29-22-11-17(5-6-33(21)22)23(16-3-4-16)32-36-8-7-34/h5-6,9-13,15,32,34H,3-4,7-8,14H2,1-2H3,(H2,30,31,35). The van der Waals surface area contributed by atoms with Crippen LogP contribution in [0.15, 0.2) is 48.3 Å². The summed E-state index contributed by atoms with van der Waals surface area (Å²) in [5, 5.41) is 13.2. The number of aliphatic hydroxyl groups excluding tert-OH is 1. The van der Waals surface area contributed by atoms with Gasteiger partial charge in [-0.05, 0) is 56.5 Å². The first kappa shape index (κ1) is 26.3. The van der Waals surface area contributed by atoms with Gasteiger partial charge in [-0.1, -0.05) is 0 Å². The maximum atomic E-state index is 12.5. The van der Waals surface area contributed by atoms with E-state index in [9.17, 15) is 18.0 Å². The topological polar surface area (TPSA) is 109 Å². The second-order valence-electron chi connectivity index (χ2n) is 8.78. The van der Waals surface area contributed by atoms with Crippen molar-refractivity contribution in [2.45, 2.75) is 39.0 Å². The summed E-state index contributed by atoms with van der Waals surface area (Å²) in [5.41, 5.74) is 8.14. The predicted molar refractivity (Wildman–Crippen MR) is 132 cm³/mol. The number of alkyl halides is 3. The number of ether oxygens (including phenoxy) is 1. The van der Waals surface area contributed by atoms with Gasteiger partial charge in [0.15, 0.2) is 0 Å². The number of hydroxylamine groups is 1. The van der Waals surface area contributed by atoms with E-state index in [1.54, 1.807) is 29.7 Å². The van der Waals surface area contributed by atoms with Crippen molar-refractivity contribution in [1.29, 1.82) is 0 Å². The molecule has 2 amide bonds. The number of hydrogen-bond donors (Lipinski definition) is 4. The zero-order valence-corrected chi connectivity index (χ0v) is 20.4. The summed E-state index contributed by atoms with van der Waals surface area (Å²) in [6.45, 7) is 2.30. The van der Waals surface area contributed by atoms with Gasteiger partial charge in [-0.2, -0.15) is 13.2 Å². The summed E-state index contributed by atoms with van der Waals surface area (Å²) in [7, 11) is 0. The third-order valence-corrected chi connectivity index (χ3v) is 5.30. The predicted octanol–water partition coefficient (Wildman–Crippen LogP) is 4.49. The number of amides is 2. The number of pyridine rings is 1. The smallest absolute Gasteiger partial charge is 0.405 e. The molecule has 0 atom stereocenters. The van der Waals surface area contributed by atoms with Crippen LogP contribution in [0.5, 0.6) is 5.75 Å². The molecule has 0 spiro atoms. The van der Waals surface area contributed by atoms with Crippen LogP contribution < -0.4 is 20.9 Å². The van der Waals surface area contributed by atoms with Crippen molar-refractivity contribution >= 4 is 23.1 Å². The molecule has 0 bridgehead atoms. The summed E-state index contributed by atoms with van der Waals surface area (Å²) in [4.78, 5) is 21.9. The number of fused-ring (bicyclic) bond motifs is 1. The van der Waals surface area contributed by atoms with Gasteiger partial charge in [0.1, 0.15) is 17.9 Å². The molecule has 198 valence electrons. The van der Waals surface area contributed by atoms with Crippen molar-refractivity contribution in [3.05, 3.63) is 53.9 Å². The third-order valence-electron chi connectivity index (χ3n) is 5.30. The summed E-state index contributed by atoms with van der Waals surface area (Å²) >= 11 is 0. The fourth-order valence-corrected chi connectivity index (χ4v) is 3.68. The van der Waals surface area contributed by atoms with Gasteiger partial charge in [-0.25, -0.2) is 9.78 Å². The van der Waals surface area contributed by atoms with Crippen molar-refractivity contribution in [3.63, 3.8) is 0 Å². The first-order chi connectivity index (χ1) is 17.6. The number of aliphatic hydroxyl groups is 1. The molecule has 2 heterocycles. The Morgan fingerprint density at radius 3 is 2.68 bits per heavy atom. The number of nitrogens with zero attached hydrogens (tertiary/aromatic N) is 2. The fraction of sp³-hybridized carbons (Fsp3) is 0.360. The Bertz CT molecular complexity index is 1300. The minimum Gasteiger partial charge on any atom is -0.491 e. The van der Waals surface area contributed by atoms with Gasteiger partial charge in [0.05, 0.1) is 36.9 Å². The van der Waals surface area contributed by atoms with Gasteiger partial charge in [0.2, 0.25) is 0 Å². The Morgan fingerprint density at radius 1 is 1.22 bits per heavy atom. The average Bonchev–Trinajstić information content (AvgIpc) is 3.57. The number of imidazole rings is 1. The number of urea groups is 1. The average molecular weight is 520 g/mol. The van der Waals surface area contributed by atoms with Crippen LogP contribution in [-0.2, 0) is 4.84 Å². The van der Waals surface area contributed by atoms with E-state index in [0.29, 0.717) is 22.7 Å². The summed E-state index contributed by atoms with van der Waals surface area (Å²) < 4.78 is 45.1. The summed E-state index contributed by atoms with van der Waals surface area (Å²) in [6, 6.07) is 7.79. The lowest BCUT2D eigenvalue weighted by Crippen LogP contribution is -2.36. The number of allylic oxidation sites excluding steroid dienone is 1. The van der Waals surface area contributed by atoms with Crippen molar-refractivity contribution in [2.75, 3.05) is 25.1 Å². The van der Waals surface area contributed by atoms with Gasteiger partial charge in [0.25, 0.3) is 0 Å². The van der Waals surface area contributed by atoms with E-state index in [-0.39, 0.29) is 25.0 Å². The molecule has 0 aliphatic heterocycles. The summed E-state index contributed by atoms with van der Waals surface area (Å²) in [5.74, 6) is 0.441. The van der Waals surface area contributed by atoms with E-state index in [1.165, 1.54) is 5.57 Å². The van der Waals surface area contributed by atoms with Gasteiger partial charge in [-0.3, -0.25) is 14.7 Å². The quantitative estimate of drug-likeness (QED) is 0.232. The molecule has 4 N–H and O–H groups in total. The highest BCUT2D eigenvalue weighted by Crippen LogP contribution is 2.36. The number of carbonyl (C=O) groups excluding carboxylic acids is 1. The molecule has 3 aromatic rings. The van der Waals surface area contributed by atoms with Gasteiger partial charge >= 0.3 is 12.2 Å². The Hall–Kier alpha value is -3.77. The normalized spacial score (nSPS) is 13.1. The SMILES string of the molecule is CC(C)Oc1cc(NC(=O)NCC(F)(F)F)cc(-c2cnc3cc(C(NOCCO)=C4CC4)ccn23)c1. The molecule has 1 saturated carbocycles. The van der Waals surface area contributed by atoms with E-state index >= 15 is 0 Å². The number of rotatable bonds is 10. The molecule has 1 aliphatic rings. The van der Waals surface area contributed by atoms with Crippen LogP contribution in [0, 0.1) is 0 Å². The van der Waals surface area contributed by atoms with E-state index in [4.69, 9.17) is 14.7 Å². The van der Waals surface area contributed by atoms with E-state index in [0.717, 1.165) is 24.1 Å². The molecule has 0 radical (unpaired) electrons. The van der Waals surface area contributed by atoms with Gasteiger partial charge in [0, 0.05) is 29.1 Å². The van der Waals surface area contributed by atoms with Crippen LogP contribution in [0.1, 0.15) is 32.3 Å². The molecular weight excluding hydrogens is 491 g/mol. The van der Waals surface area contributed by atoms with E-state index in [1.807, 2.05) is 36.6 Å². The zero-order valence-electron chi connectivity index (χ0n) is 20.4. The molecule has 0 saturated heterocycles. The van der Waals surface area contributed by atoms with Crippen LogP contribution in [0.25, 0.3) is 22.6 Å². The minimum absolute atomic E-state index is 0.0985. The first-order valence-electron chi connectivity index (χ1n) is 11.7. The zero-order chi connectivity index (χ0) is 26.6. The highest BCUT2D eigenvalue weighted by atomic mass is 19.4. The molecule has 37 heavy (non-hydrogen) atoms. The van der Waals surface area contributed by atoms with Crippen LogP contribution in [0.4, 0.5) is 23.7 Å². The number of hydrogen-bond acceptors (Lipinski definition) is 6. The Kier molecular flexibility index (Phi) is 7.89. The maximum Gasteiger partial charge on any atom is 0.405 e. The number of aromatic nitrogens is 2.